The van der Waals surface area contributed by atoms with Crippen LogP contribution in [0.1, 0.15) is 46.0 Å². The first-order chi connectivity index (χ1) is 9.17. The number of piperazine rings is 1. The Kier molecular flexibility index (Phi) is 8.07. The van der Waals surface area contributed by atoms with E-state index in [1.807, 2.05) is 4.90 Å². The Bertz CT molecular complexity index is 250. The molecule has 2 N–H and O–H groups in total. The monoisotopic (exact) mass is 269 g/mol. The van der Waals surface area contributed by atoms with Crippen molar-refractivity contribution in [3.05, 3.63) is 0 Å². The molecule has 1 saturated heterocycles. The number of nitrogens with zero attached hydrogens (tertiary/aromatic N) is 2. The molecule has 112 valence electrons. The van der Waals surface area contributed by atoms with Crippen LogP contribution in [0.2, 0.25) is 0 Å². The highest BCUT2D eigenvalue weighted by atomic mass is 16.2. The molecule has 1 aliphatic rings. The van der Waals surface area contributed by atoms with Crippen molar-refractivity contribution in [2.75, 3.05) is 39.3 Å². The van der Waals surface area contributed by atoms with Crippen LogP contribution in [0.3, 0.4) is 0 Å². The predicted molar refractivity (Wildman–Crippen MR) is 80.0 cm³/mol. The standard InChI is InChI=1S/C15H31N3O/c1-3-14(2)13-15(19)18-11-9-17(10-12-18)8-6-4-5-7-16/h14H,3-13,16H2,1-2H3. The van der Waals surface area contributed by atoms with Crippen LogP contribution < -0.4 is 5.73 Å². The van der Waals surface area contributed by atoms with Gasteiger partial charge in [0.1, 0.15) is 0 Å². The van der Waals surface area contributed by atoms with Gasteiger partial charge in [0.25, 0.3) is 0 Å². The van der Waals surface area contributed by atoms with Crippen LogP contribution in [0.5, 0.6) is 0 Å². The lowest BCUT2D eigenvalue weighted by Crippen LogP contribution is -2.49. The number of unbranched alkanes of at least 4 members (excludes halogenated alkanes) is 2. The highest BCUT2D eigenvalue weighted by Crippen LogP contribution is 2.11. The Morgan fingerprint density at radius 3 is 2.42 bits per heavy atom. The minimum absolute atomic E-state index is 0.345. The molecule has 4 heteroatoms. The fourth-order valence-corrected chi connectivity index (χ4v) is 2.45. The Morgan fingerprint density at radius 2 is 1.84 bits per heavy atom. The van der Waals surface area contributed by atoms with Gasteiger partial charge in [-0.15, -0.1) is 0 Å². The molecule has 1 amide bonds. The summed E-state index contributed by atoms with van der Waals surface area (Å²) >= 11 is 0. The average molecular weight is 269 g/mol. The van der Waals surface area contributed by atoms with Crippen LogP contribution in [0.4, 0.5) is 0 Å². The molecular weight excluding hydrogens is 238 g/mol. The molecule has 0 aliphatic carbocycles. The van der Waals surface area contributed by atoms with E-state index in [9.17, 15) is 4.79 Å². The number of carbonyl (C=O) groups excluding carboxylic acids is 1. The highest BCUT2D eigenvalue weighted by Gasteiger charge is 2.21. The maximum Gasteiger partial charge on any atom is 0.222 e. The molecule has 1 atom stereocenters. The summed E-state index contributed by atoms with van der Waals surface area (Å²) in [5, 5.41) is 0. The molecule has 1 rings (SSSR count). The van der Waals surface area contributed by atoms with Crippen molar-refractivity contribution in [3.63, 3.8) is 0 Å². The summed E-state index contributed by atoms with van der Waals surface area (Å²) in [5.74, 6) is 0.860. The molecule has 0 radical (unpaired) electrons. The van der Waals surface area contributed by atoms with Gasteiger partial charge < -0.3 is 10.6 Å². The molecule has 0 spiro atoms. The Morgan fingerprint density at radius 1 is 1.16 bits per heavy atom. The SMILES string of the molecule is CCC(C)CC(=O)N1CCN(CCCCCN)CC1. The van der Waals surface area contributed by atoms with E-state index in [0.717, 1.165) is 52.1 Å². The molecule has 1 aliphatic heterocycles. The van der Waals surface area contributed by atoms with Crippen molar-refractivity contribution in [3.8, 4) is 0 Å². The van der Waals surface area contributed by atoms with Gasteiger partial charge in [-0.3, -0.25) is 9.69 Å². The molecular formula is C15H31N3O. The smallest absolute Gasteiger partial charge is 0.222 e. The van der Waals surface area contributed by atoms with E-state index >= 15 is 0 Å². The van der Waals surface area contributed by atoms with Gasteiger partial charge >= 0.3 is 0 Å². The second-order valence-corrected chi connectivity index (χ2v) is 5.79. The highest BCUT2D eigenvalue weighted by molar-refractivity contribution is 5.76. The normalized spacial score (nSPS) is 18.6. The number of amides is 1. The molecule has 0 aromatic heterocycles. The van der Waals surface area contributed by atoms with E-state index in [0.29, 0.717) is 18.2 Å². The van der Waals surface area contributed by atoms with E-state index in [2.05, 4.69) is 18.7 Å². The lowest BCUT2D eigenvalue weighted by Gasteiger charge is -2.35. The largest absolute Gasteiger partial charge is 0.340 e. The molecule has 0 aromatic rings. The second kappa shape index (κ2) is 9.32. The summed E-state index contributed by atoms with van der Waals surface area (Å²) in [6.45, 7) is 10.2. The summed E-state index contributed by atoms with van der Waals surface area (Å²) in [6, 6.07) is 0. The third-order valence-electron chi connectivity index (χ3n) is 4.12. The van der Waals surface area contributed by atoms with Crippen LogP contribution in [0.25, 0.3) is 0 Å². The number of hydrogen-bond donors (Lipinski definition) is 1. The summed E-state index contributed by atoms with van der Waals surface area (Å²) < 4.78 is 0. The fourth-order valence-electron chi connectivity index (χ4n) is 2.45. The van der Waals surface area contributed by atoms with E-state index < -0.39 is 0 Å². The molecule has 1 heterocycles. The number of hydrogen-bond acceptors (Lipinski definition) is 3. The zero-order chi connectivity index (χ0) is 14.1. The minimum atomic E-state index is 0.345. The molecule has 1 unspecified atom stereocenters. The van der Waals surface area contributed by atoms with Gasteiger partial charge in [-0.05, 0) is 31.8 Å². The quantitative estimate of drug-likeness (QED) is 0.682. The van der Waals surface area contributed by atoms with Crippen LogP contribution in [-0.2, 0) is 4.79 Å². The van der Waals surface area contributed by atoms with Gasteiger partial charge in [0.2, 0.25) is 5.91 Å². The topological polar surface area (TPSA) is 49.6 Å². The van der Waals surface area contributed by atoms with Gasteiger partial charge in [-0.2, -0.15) is 0 Å². The number of nitrogens with two attached hydrogens (primary N) is 1. The van der Waals surface area contributed by atoms with E-state index in [1.54, 1.807) is 0 Å². The van der Waals surface area contributed by atoms with E-state index in [1.165, 1.54) is 12.8 Å². The van der Waals surface area contributed by atoms with Gasteiger partial charge in [-0.25, -0.2) is 0 Å². The van der Waals surface area contributed by atoms with Crippen molar-refractivity contribution in [2.45, 2.75) is 46.0 Å². The van der Waals surface area contributed by atoms with Gasteiger partial charge in [0.05, 0.1) is 0 Å². The molecule has 0 saturated carbocycles. The van der Waals surface area contributed by atoms with E-state index in [-0.39, 0.29) is 0 Å². The maximum atomic E-state index is 12.1. The van der Waals surface area contributed by atoms with Crippen LogP contribution in [-0.4, -0.2) is 55.0 Å². The van der Waals surface area contributed by atoms with Crippen molar-refractivity contribution in [1.82, 2.24) is 9.80 Å². The first-order valence-corrected chi connectivity index (χ1v) is 7.87. The zero-order valence-electron chi connectivity index (χ0n) is 12.7. The first kappa shape index (κ1) is 16.4. The molecule has 19 heavy (non-hydrogen) atoms. The van der Waals surface area contributed by atoms with Crippen molar-refractivity contribution in [1.29, 1.82) is 0 Å². The molecule has 0 bridgehead atoms. The number of carbonyl (C=O) groups is 1. The molecule has 0 aromatic carbocycles. The first-order valence-electron chi connectivity index (χ1n) is 7.87. The number of rotatable bonds is 8. The van der Waals surface area contributed by atoms with E-state index in [4.69, 9.17) is 5.73 Å². The minimum Gasteiger partial charge on any atom is -0.340 e. The Hall–Kier alpha value is -0.610. The van der Waals surface area contributed by atoms with Crippen molar-refractivity contribution in [2.24, 2.45) is 11.7 Å². The van der Waals surface area contributed by atoms with Crippen LogP contribution in [0.15, 0.2) is 0 Å². The summed E-state index contributed by atoms with van der Waals surface area (Å²) in [6.07, 6.45) is 5.40. The van der Waals surface area contributed by atoms with Crippen LogP contribution >= 0.6 is 0 Å². The summed E-state index contributed by atoms with van der Waals surface area (Å²) in [5.41, 5.74) is 5.49. The third-order valence-corrected chi connectivity index (χ3v) is 4.12. The van der Waals surface area contributed by atoms with Crippen molar-refractivity contribution >= 4 is 5.91 Å². The second-order valence-electron chi connectivity index (χ2n) is 5.79. The maximum absolute atomic E-state index is 12.1. The zero-order valence-corrected chi connectivity index (χ0v) is 12.7. The van der Waals surface area contributed by atoms with Crippen molar-refractivity contribution < 1.29 is 4.79 Å². The summed E-state index contributed by atoms with van der Waals surface area (Å²) in [7, 11) is 0. The molecule has 1 fully saturated rings. The van der Waals surface area contributed by atoms with Gasteiger partial charge in [0.15, 0.2) is 0 Å². The third kappa shape index (κ3) is 6.39. The lowest BCUT2D eigenvalue weighted by atomic mass is 10.0. The lowest BCUT2D eigenvalue weighted by molar-refractivity contribution is -0.133. The Labute approximate surface area is 118 Å². The molecule has 4 nitrogen and oxygen atoms in total. The van der Waals surface area contributed by atoms with Crippen LogP contribution in [0, 0.1) is 5.92 Å². The summed E-state index contributed by atoms with van der Waals surface area (Å²) in [4.78, 5) is 16.6. The Balaban J connectivity index is 2.15. The van der Waals surface area contributed by atoms with Gasteiger partial charge in [0, 0.05) is 32.6 Å². The predicted octanol–water partition coefficient (Wildman–Crippen LogP) is 1.70. The fraction of sp³-hybridized carbons (Fsp3) is 0.933. The van der Waals surface area contributed by atoms with Gasteiger partial charge in [-0.1, -0.05) is 26.7 Å². The average Bonchev–Trinajstić information content (AvgIpc) is 2.44.